The molecule has 1 aliphatic carbocycles. The average molecular weight is 270 g/mol. The largest absolute Gasteiger partial charge is 0.466 e. The summed E-state index contributed by atoms with van der Waals surface area (Å²) in [6.45, 7) is 5.86. The van der Waals surface area contributed by atoms with Crippen LogP contribution in [-0.2, 0) is 19.0 Å². The monoisotopic (exact) mass is 270 g/mol. The molecule has 1 aliphatic heterocycles. The number of rotatable bonds is 5. The summed E-state index contributed by atoms with van der Waals surface area (Å²) >= 11 is 0. The second-order valence-electron chi connectivity index (χ2n) is 5.71. The van der Waals surface area contributed by atoms with E-state index in [0.717, 1.165) is 44.9 Å². The van der Waals surface area contributed by atoms with E-state index in [-0.39, 0.29) is 11.4 Å². The second kappa shape index (κ2) is 6.23. The van der Waals surface area contributed by atoms with Crippen molar-refractivity contribution in [2.45, 2.75) is 64.6 Å². The van der Waals surface area contributed by atoms with E-state index in [4.69, 9.17) is 14.2 Å². The minimum absolute atomic E-state index is 0.0173. The standard InChI is InChI=1S/C15H26O4/c1-3-5-6-14(13(16)17-4-2)7-9-15(10-8-14)18-11-12-19-15/h3-12H2,1-2H3. The molecule has 1 heterocycles. The van der Waals surface area contributed by atoms with Crippen LogP contribution < -0.4 is 0 Å². The molecule has 0 aromatic heterocycles. The van der Waals surface area contributed by atoms with Crippen molar-refractivity contribution in [3.8, 4) is 0 Å². The number of unbranched alkanes of at least 4 members (excludes halogenated alkanes) is 1. The minimum Gasteiger partial charge on any atom is -0.466 e. The number of carbonyl (C=O) groups excluding carboxylic acids is 1. The highest BCUT2D eigenvalue weighted by Gasteiger charge is 2.50. The van der Waals surface area contributed by atoms with E-state index >= 15 is 0 Å². The SMILES string of the molecule is CCCCC1(C(=O)OCC)CCC2(CC1)OCCO2. The molecule has 0 unspecified atom stereocenters. The lowest BCUT2D eigenvalue weighted by molar-refractivity contribution is -0.200. The first kappa shape index (κ1) is 14.8. The maximum atomic E-state index is 12.3. The third-order valence-electron chi connectivity index (χ3n) is 4.50. The molecule has 4 heteroatoms. The summed E-state index contributed by atoms with van der Waals surface area (Å²) < 4.78 is 16.8. The zero-order chi connectivity index (χ0) is 13.8. The van der Waals surface area contributed by atoms with Crippen molar-refractivity contribution in [2.24, 2.45) is 5.41 Å². The Labute approximate surface area is 115 Å². The fourth-order valence-corrected chi connectivity index (χ4v) is 3.25. The molecular formula is C15H26O4. The normalized spacial score (nSPS) is 24.5. The smallest absolute Gasteiger partial charge is 0.312 e. The van der Waals surface area contributed by atoms with E-state index < -0.39 is 5.79 Å². The van der Waals surface area contributed by atoms with Crippen LogP contribution in [-0.4, -0.2) is 31.6 Å². The van der Waals surface area contributed by atoms with Gasteiger partial charge in [-0.3, -0.25) is 4.79 Å². The van der Waals surface area contributed by atoms with Gasteiger partial charge in [-0.1, -0.05) is 19.8 Å². The highest BCUT2D eigenvalue weighted by Crippen LogP contribution is 2.48. The Morgan fingerprint density at radius 2 is 1.74 bits per heavy atom. The summed E-state index contributed by atoms with van der Waals surface area (Å²) in [6, 6.07) is 0. The molecule has 0 bridgehead atoms. The number of hydrogen-bond acceptors (Lipinski definition) is 4. The molecule has 0 amide bonds. The van der Waals surface area contributed by atoms with E-state index in [1.165, 1.54) is 0 Å². The quantitative estimate of drug-likeness (QED) is 0.720. The van der Waals surface area contributed by atoms with Crippen LogP contribution >= 0.6 is 0 Å². The molecule has 0 aromatic rings. The molecule has 2 fully saturated rings. The van der Waals surface area contributed by atoms with Gasteiger partial charge in [0.25, 0.3) is 0 Å². The van der Waals surface area contributed by atoms with E-state index in [0.29, 0.717) is 19.8 Å². The number of ether oxygens (including phenoxy) is 3. The van der Waals surface area contributed by atoms with Gasteiger partial charge in [-0.05, 0) is 26.2 Å². The summed E-state index contributed by atoms with van der Waals surface area (Å²) in [4.78, 5) is 12.3. The molecule has 2 rings (SSSR count). The Kier molecular flexibility index (Phi) is 4.85. The van der Waals surface area contributed by atoms with Gasteiger partial charge in [-0.15, -0.1) is 0 Å². The maximum absolute atomic E-state index is 12.3. The Bertz CT molecular complexity index is 297. The van der Waals surface area contributed by atoms with Crippen molar-refractivity contribution in [2.75, 3.05) is 19.8 Å². The van der Waals surface area contributed by atoms with Crippen LogP contribution in [0.4, 0.5) is 0 Å². The van der Waals surface area contributed by atoms with E-state index in [2.05, 4.69) is 6.92 Å². The van der Waals surface area contributed by atoms with Crippen LogP contribution in [0.1, 0.15) is 58.8 Å². The first-order valence-electron chi connectivity index (χ1n) is 7.61. The highest BCUT2D eigenvalue weighted by molar-refractivity contribution is 5.77. The van der Waals surface area contributed by atoms with Crippen molar-refractivity contribution >= 4 is 5.97 Å². The highest BCUT2D eigenvalue weighted by atomic mass is 16.7. The molecule has 110 valence electrons. The van der Waals surface area contributed by atoms with Crippen molar-refractivity contribution in [1.82, 2.24) is 0 Å². The third-order valence-corrected chi connectivity index (χ3v) is 4.50. The van der Waals surface area contributed by atoms with Crippen molar-refractivity contribution in [3.05, 3.63) is 0 Å². The first-order valence-corrected chi connectivity index (χ1v) is 7.61. The van der Waals surface area contributed by atoms with Crippen LogP contribution in [0, 0.1) is 5.41 Å². The molecule has 1 saturated carbocycles. The molecular weight excluding hydrogens is 244 g/mol. The van der Waals surface area contributed by atoms with E-state index in [1.807, 2.05) is 6.92 Å². The van der Waals surface area contributed by atoms with E-state index in [9.17, 15) is 4.79 Å². The summed E-state index contributed by atoms with van der Waals surface area (Å²) in [5.41, 5.74) is -0.299. The number of hydrogen-bond donors (Lipinski definition) is 0. The Hall–Kier alpha value is -0.610. The van der Waals surface area contributed by atoms with Crippen molar-refractivity contribution < 1.29 is 19.0 Å². The molecule has 0 radical (unpaired) electrons. The Morgan fingerprint density at radius 1 is 1.11 bits per heavy atom. The predicted octanol–water partition coefficient (Wildman–Crippen LogP) is 3.04. The first-order chi connectivity index (χ1) is 9.16. The van der Waals surface area contributed by atoms with Gasteiger partial charge in [-0.2, -0.15) is 0 Å². The van der Waals surface area contributed by atoms with E-state index in [1.54, 1.807) is 0 Å². The minimum atomic E-state index is -0.401. The molecule has 0 N–H and O–H groups in total. The second-order valence-corrected chi connectivity index (χ2v) is 5.71. The zero-order valence-electron chi connectivity index (χ0n) is 12.2. The van der Waals surface area contributed by atoms with Crippen LogP contribution in [0.5, 0.6) is 0 Å². The van der Waals surface area contributed by atoms with Gasteiger partial charge in [0.05, 0.1) is 25.2 Å². The van der Waals surface area contributed by atoms with Crippen LogP contribution in [0.15, 0.2) is 0 Å². The van der Waals surface area contributed by atoms with Gasteiger partial charge >= 0.3 is 5.97 Å². The summed E-state index contributed by atoms with van der Waals surface area (Å²) in [5.74, 6) is -0.418. The maximum Gasteiger partial charge on any atom is 0.312 e. The number of carbonyl (C=O) groups is 1. The van der Waals surface area contributed by atoms with Crippen LogP contribution in [0.2, 0.25) is 0 Å². The summed E-state index contributed by atoms with van der Waals surface area (Å²) in [6.07, 6.45) is 6.40. The number of esters is 1. The third kappa shape index (κ3) is 3.11. The zero-order valence-corrected chi connectivity index (χ0v) is 12.2. The van der Waals surface area contributed by atoms with Gasteiger partial charge in [0.2, 0.25) is 0 Å². The lowest BCUT2D eigenvalue weighted by atomic mass is 9.69. The van der Waals surface area contributed by atoms with Crippen molar-refractivity contribution in [1.29, 1.82) is 0 Å². The van der Waals surface area contributed by atoms with Gasteiger partial charge in [0.15, 0.2) is 5.79 Å². The van der Waals surface area contributed by atoms with Gasteiger partial charge in [0, 0.05) is 12.8 Å². The van der Waals surface area contributed by atoms with Gasteiger partial charge < -0.3 is 14.2 Å². The van der Waals surface area contributed by atoms with Crippen LogP contribution in [0.3, 0.4) is 0 Å². The van der Waals surface area contributed by atoms with Gasteiger partial charge in [0.1, 0.15) is 0 Å². The molecule has 2 aliphatic rings. The Morgan fingerprint density at radius 3 is 2.26 bits per heavy atom. The lowest BCUT2D eigenvalue weighted by Crippen LogP contribution is -2.44. The van der Waals surface area contributed by atoms with Gasteiger partial charge in [-0.25, -0.2) is 0 Å². The summed E-state index contributed by atoms with van der Waals surface area (Å²) in [5, 5.41) is 0. The Balaban J connectivity index is 2.02. The van der Waals surface area contributed by atoms with Crippen LogP contribution in [0.25, 0.3) is 0 Å². The molecule has 1 spiro atoms. The topological polar surface area (TPSA) is 44.8 Å². The molecule has 1 saturated heterocycles. The molecule has 0 atom stereocenters. The van der Waals surface area contributed by atoms with Crippen molar-refractivity contribution in [3.63, 3.8) is 0 Å². The molecule has 4 nitrogen and oxygen atoms in total. The molecule has 0 aromatic carbocycles. The predicted molar refractivity (Wildman–Crippen MR) is 71.7 cm³/mol. The average Bonchev–Trinajstić information content (AvgIpc) is 2.88. The fourth-order valence-electron chi connectivity index (χ4n) is 3.25. The lowest BCUT2D eigenvalue weighted by Gasteiger charge is -2.42. The molecule has 19 heavy (non-hydrogen) atoms. The summed E-state index contributed by atoms with van der Waals surface area (Å²) in [7, 11) is 0. The fraction of sp³-hybridized carbons (Fsp3) is 0.933.